The first kappa shape index (κ1) is 23.2. The van der Waals surface area contributed by atoms with Crippen LogP contribution in [0, 0.1) is 17.7 Å². The molecule has 2 N–H and O–H groups in total. The van der Waals surface area contributed by atoms with Crippen molar-refractivity contribution in [2.75, 3.05) is 11.3 Å². The average Bonchev–Trinajstić information content (AvgIpc) is 3.58. The second-order valence-electron chi connectivity index (χ2n) is 8.02. The lowest BCUT2D eigenvalue weighted by atomic mass is 10.0. The van der Waals surface area contributed by atoms with Crippen molar-refractivity contribution in [3.8, 4) is 11.8 Å². The third kappa shape index (κ3) is 4.58. The van der Waals surface area contributed by atoms with E-state index in [0.717, 1.165) is 54.2 Å². The molecule has 0 spiro atoms. The number of aromatic nitrogens is 3. The van der Waals surface area contributed by atoms with Gasteiger partial charge in [0.1, 0.15) is 17.0 Å². The number of anilines is 1. The van der Waals surface area contributed by atoms with Crippen LogP contribution in [0.25, 0.3) is 11.1 Å². The molecule has 0 bridgehead atoms. The Morgan fingerprint density at radius 1 is 1.34 bits per heavy atom. The predicted octanol–water partition coefficient (Wildman–Crippen LogP) is 3.10. The zero-order valence-corrected chi connectivity index (χ0v) is 20.1. The molecule has 9 nitrogen and oxygen atoms in total. The lowest BCUT2D eigenvalue weighted by Crippen LogP contribution is -2.20. The number of hydrogen-bond acceptors (Lipinski definition) is 8. The SMILES string of the molecule is CC(c1ccccc1C#C[C@@H]1CCCN1)n1c(=O)oc2cc(S(=O)(=O)Nc3ncns3)c(F)cc21. The molecule has 2 aromatic heterocycles. The van der Waals surface area contributed by atoms with Crippen molar-refractivity contribution in [1.82, 2.24) is 19.2 Å². The van der Waals surface area contributed by atoms with E-state index < -0.39 is 32.5 Å². The van der Waals surface area contributed by atoms with E-state index in [1.165, 1.54) is 10.9 Å². The Labute approximate surface area is 204 Å². The zero-order valence-electron chi connectivity index (χ0n) is 18.5. The molecule has 1 saturated heterocycles. The summed E-state index contributed by atoms with van der Waals surface area (Å²) in [4.78, 5) is 15.9. The van der Waals surface area contributed by atoms with Crippen LogP contribution in [-0.4, -0.2) is 34.9 Å². The van der Waals surface area contributed by atoms with E-state index in [0.29, 0.717) is 0 Å². The highest BCUT2D eigenvalue weighted by atomic mass is 32.2. The molecular weight excluding hydrogens is 493 g/mol. The molecule has 2 atom stereocenters. The largest absolute Gasteiger partial charge is 0.420 e. The fourth-order valence-electron chi connectivity index (χ4n) is 4.08. The number of fused-ring (bicyclic) bond motifs is 1. The van der Waals surface area contributed by atoms with Gasteiger partial charge in [0.15, 0.2) is 5.58 Å². The zero-order chi connectivity index (χ0) is 24.6. The molecule has 35 heavy (non-hydrogen) atoms. The molecule has 12 heteroatoms. The number of nitrogens with one attached hydrogen (secondary N) is 2. The number of sulfonamides is 1. The van der Waals surface area contributed by atoms with Crippen molar-refractivity contribution in [2.24, 2.45) is 0 Å². The molecule has 2 aromatic carbocycles. The third-order valence-electron chi connectivity index (χ3n) is 5.78. The van der Waals surface area contributed by atoms with Gasteiger partial charge in [-0.05, 0) is 37.9 Å². The maximum Gasteiger partial charge on any atom is 0.420 e. The lowest BCUT2D eigenvalue weighted by molar-refractivity contribution is 0.489. The Morgan fingerprint density at radius 3 is 2.91 bits per heavy atom. The Kier molecular flexibility index (Phi) is 6.14. The summed E-state index contributed by atoms with van der Waals surface area (Å²) in [6.45, 7) is 2.72. The molecule has 1 aliphatic rings. The van der Waals surface area contributed by atoms with Gasteiger partial charge >= 0.3 is 5.76 Å². The lowest BCUT2D eigenvalue weighted by Gasteiger charge is -2.15. The maximum absolute atomic E-state index is 15.0. The molecule has 1 unspecified atom stereocenters. The van der Waals surface area contributed by atoms with Gasteiger partial charge in [-0.2, -0.15) is 4.37 Å². The van der Waals surface area contributed by atoms with Crippen molar-refractivity contribution >= 4 is 37.8 Å². The van der Waals surface area contributed by atoms with Gasteiger partial charge in [-0.1, -0.05) is 30.0 Å². The van der Waals surface area contributed by atoms with E-state index in [2.05, 4.69) is 31.2 Å². The Bertz CT molecular complexity index is 1610. The van der Waals surface area contributed by atoms with Crippen LogP contribution in [0.4, 0.5) is 9.52 Å². The maximum atomic E-state index is 15.0. The van der Waals surface area contributed by atoms with Gasteiger partial charge in [0.2, 0.25) is 5.13 Å². The molecule has 0 aliphatic carbocycles. The minimum absolute atomic E-state index is 0.0114. The van der Waals surface area contributed by atoms with Gasteiger partial charge in [-0.25, -0.2) is 22.6 Å². The third-order valence-corrected chi connectivity index (χ3v) is 7.84. The van der Waals surface area contributed by atoms with E-state index in [4.69, 9.17) is 4.42 Å². The van der Waals surface area contributed by atoms with E-state index in [1.54, 1.807) is 6.92 Å². The molecule has 1 fully saturated rings. The topological polar surface area (TPSA) is 119 Å². The summed E-state index contributed by atoms with van der Waals surface area (Å²) in [5.41, 5.74) is 1.59. The molecule has 4 aromatic rings. The molecule has 3 heterocycles. The highest BCUT2D eigenvalue weighted by Crippen LogP contribution is 2.29. The van der Waals surface area contributed by atoms with Crippen LogP contribution in [0.1, 0.15) is 36.9 Å². The van der Waals surface area contributed by atoms with Crippen molar-refractivity contribution in [2.45, 2.75) is 36.7 Å². The van der Waals surface area contributed by atoms with Gasteiger partial charge < -0.3 is 9.73 Å². The van der Waals surface area contributed by atoms with Crippen molar-refractivity contribution in [3.05, 3.63) is 70.2 Å². The van der Waals surface area contributed by atoms with Crippen LogP contribution < -0.4 is 15.8 Å². The number of nitrogens with zero attached hydrogens (tertiary/aromatic N) is 3. The van der Waals surface area contributed by atoms with Crippen LogP contribution in [0.15, 0.2) is 56.8 Å². The normalized spacial score (nSPS) is 16.7. The predicted molar refractivity (Wildman–Crippen MR) is 129 cm³/mol. The summed E-state index contributed by atoms with van der Waals surface area (Å²) < 4.78 is 52.9. The summed E-state index contributed by atoms with van der Waals surface area (Å²) in [7, 11) is -4.32. The first-order chi connectivity index (χ1) is 16.8. The highest BCUT2D eigenvalue weighted by Gasteiger charge is 2.26. The van der Waals surface area contributed by atoms with Crippen molar-refractivity contribution in [1.29, 1.82) is 0 Å². The number of rotatable bonds is 5. The second kappa shape index (κ2) is 9.26. The van der Waals surface area contributed by atoms with Crippen LogP contribution in [-0.2, 0) is 10.0 Å². The van der Waals surface area contributed by atoms with Crippen molar-refractivity contribution in [3.63, 3.8) is 0 Å². The summed E-state index contributed by atoms with van der Waals surface area (Å²) in [5, 5.41) is 3.32. The van der Waals surface area contributed by atoms with Crippen LogP contribution in [0.2, 0.25) is 0 Å². The quantitative estimate of drug-likeness (QED) is 0.394. The molecular formula is C23H20FN5O4S2. The van der Waals surface area contributed by atoms with Gasteiger partial charge in [0.25, 0.3) is 10.0 Å². The van der Waals surface area contributed by atoms with E-state index >= 15 is 4.39 Å². The Hall–Kier alpha value is -3.53. The molecule has 5 rings (SSSR count). The number of benzene rings is 2. The summed E-state index contributed by atoms with van der Waals surface area (Å²) >= 11 is 0.809. The molecule has 1 aliphatic heterocycles. The fourth-order valence-corrected chi connectivity index (χ4v) is 5.82. The molecule has 0 radical (unpaired) electrons. The average molecular weight is 514 g/mol. The van der Waals surface area contributed by atoms with E-state index in [9.17, 15) is 13.2 Å². The monoisotopic (exact) mass is 513 g/mol. The molecule has 180 valence electrons. The highest BCUT2D eigenvalue weighted by molar-refractivity contribution is 7.93. The minimum Gasteiger partial charge on any atom is -0.408 e. The Morgan fingerprint density at radius 2 is 2.17 bits per heavy atom. The van der Waals surface area contributed by atoms with Gasteiger partial charge in [-0.15, -0.1) is 0 Å². The number of oxazole rings is 1. The first-order valence-corrected chi connectivity index (χ1v) is 13.1. The standard InChI is InChI=1S/C23H20FN5O4S2/c1-14(17-7-3-2-5-15(17)8-9-16-6-4-10-25-16)29-19-11-18(24)21(12-20(19)33-23(29)30)35(31,32)28-22-26-13-27-34-22/h2-3,5,7,11-14,16,25H,4,6,10H2,1H3,(H,26,27,28)/t14?,16-/m0/s1. The number of hydrogen-bond donors (Lipinski definition) is 2. The van der Waals surface area contributed by atoms with Gasteiger partial charge in [0.05, 0.1) is 17.6 Å². The number of halogens is 1. The van der Waals surface area contributed by atoms with Crippen LogP contribution in [0.5, 0.6) is 0 Å². The summed E-state index contributed by atoms with van der Waals surface area (Å²) in [6.07, 6.45) is 3.23. The molecule has 0 saturated carbocycles. The smallest absolute Gasteiger partial charge is 0.408 e. The molecule has 0 amide bonds. The summed E-state index contributed by atoms with van der Waals surface area (Å²) in [6, 6.07) is 8.97. The van der Waals surface area contributed by atoms with E-state index in [-0.39, 0.29) is 22.3 Å². The van der Waals surface area contributed by atoms with Crippen LogP contribution >= 0.6 is 11.5 Å². The van der Waals surface area contributed by atoms with Gasteiger partial charge in [0, 0.05) is 29.2 Å². The Balaban J connectivity index is 1.54. The fraction of sp³-hybridized carbons (Fsp3) is 0.261. The van der Waals surface area contributed by atoms with Crippen LogP contribution in [0.3, 0.4) is 0 Å². The minimum atomic E-state index is -4.32. The summed E-state index contributed by atoms with van der Waals surface area (Å²) in [5.74, 6) is 4.66. The van der Waals surface area contributed by atoms with Crippen molar-refractivity contribution < 1.29 is 17.2 Å². The van der Waals surface area contributed by atoms with E-state index in [1.807, 2.05) is 24.3 Å². The van der Waals surface area contributed by atoms with Gasteiger partial charge in [-0.3, -0.25) is 9.29 Å². The second-order valence-corrected chi connectivity index (χ2v) is 10.5. The first-order valence-electron chi connectivity index (χ1n) is 10.8.